The number of benzene rings is 1. The first-order valence-corrected chi connectivity index (χ1v) is 11.1. The van der Waals surface area contributed by atoms with Gasteiger partial charge in [0.25, 0.3) is 0 Å². The average molecular weight is 422 g/mol. The van der Waals surface area contributed by atoms with Crippen LogP contribution in [-0.2, 0) is 19.1 Å². The van der Waals surface area contributed by atoms with Gasteiger partial charge in [0.2, 0.25) is 17.7 Å². The number of unbranched alkanes of at least 4 members (excludes halogenated alkanes) is 1. The van der Waals surface area contributed by atoms with E-state index < -0.39 is 11.9 Å². The van der Waals surface area contributed by atoms with Gasteiger partial charge in [-0.3, -0.25) is 19.3 Å². The second kappa shape index (κ2) is 7.62. The molecule has 1 saturated heterocycles. The fraction of sp³-hybridized carbons (Fsp3) is 0.500. The molecule has 0 radical (unpaired) electrons. The molecule has 7 nitrogen and oxygen atoms in total. The molecule has 6 atom stereocenters. The SMILES string of the molecule is CCCCOC(=O)c1ccc(NC(=O)CN2C(=O)[C@@H]3[C@H]4C=C[C@@H]([C@@H]5C[C@@H]45)[C@@H]3C2=O)cc1. The van der Waals surface area contributed by atoms with Crippen molar-refractivity contribution in [1.29, 1.82) is 0 Å². The van der Waals surface area contributed by atoms with Crippen LogP contribution in [0.5, 0.6) is 0 Å². The van der Waals surface area contributed by atoms with Crippen molar-refractivity contribution in [1.82, 2.24) is 4.90 Å². The maximum absolute atomic E-state index is 13.0. The number of nitrogens with one attached hydrogen (secondary N) is 1. The second-order valence-electron chi connectivity index (χ2n) is 9.03. The maximum atomic E-state index is 13.0. The number of rotatable bonds is 7. The molecule has 0 spiro atoms. The van der Waals surface area contributed by atoms with Crippen molar-refractivity contribution in [3.8, 4) is 0 Å². The molecule has 1 aromatic rings. The van der Waals surface area contributed by atoms with Crippen LogP contribution in [0.4, 0.5) is 5.69 Å². The molecule has 1 N–H and O–H groups in total. The maximum Gasteiger partial charge on any atom is 0.338 e. The molecule has 31 heavy (non-hydrogen) atoms. The van der Waals surface area contributed by atoms with Gasteiger partial charge in [-0.2, -0.15) is 0 Å². The highest BCUT2D eigenvalue weighted by molar-refractivity contribution is 6.09. The van der Waals surface area contributed by atoms with Crippen molar-refractivity contribution in [2.45, 2.75) is 26.2 Å². The van der Waals surface area contributed by atoms with E-state index in [1.54, 1.807) is 24.3 Å². The number of carbonyl (C=O) groups excluding carboxylic acids is 4. The minimum Gasteiger partial charge on any atom is -0.462 e. The summed E-state index contributed by atoms with van der Waals surface area (Å²) in [5.41, 5.74) is 0.902. The van der Waals surface area contributed by atoms with Crippen LogP contribution in [0.3, 0.4) is 0 Å². The summed E-state index contributed by atoms with van der Waals surface area (Å²) < 4.78 is 5.17. The molecule has 0 aromatic heterocycles. The lowest BCUT2D eigenvalue weighted by Gasteiger charge is -2.37. The number of esters is 1. The number of nitrogens with zero attached hydrogens (tertiary/aromatic N) is 1. The lowest BCUT2D eigenvalue weighted by Crippen LogP contribution is -2.40. The molecule has 3 amide bonds. The Morgan fingerprint density at radius 2 is 1.65 bits per heavy atom. The molecule has 162 valence electrons. The highest BCUT2D eigenvalue weighted by atomic mass is 16.5. The first-order chi connectivity index (χ1) is 15.0. The van der Waals surface area contributed by atoms with E-state index in [-0.39, 0.29) is 42.0 Å². The van der Waals surface area contributed by atoms with E-state index in [0.29, 0.717) is 29.7 Å². The minimum atomic E-state index is -0.427. The first-order valence-electron chi connectivity index (χ1n) is 11.1. The number of amides is 3. The van der Waals surface area contributed by atoms with Crippen LogP contribution in [0.2, 0.25) is 0 Å². The molecule has 1 aliphatic heterocycles. The summed E-state index contributed by atoms with van der Waals surface area (Å²) in [6.07, 6.45) is 7.10. The van der Waals surface area contributed by atoms with Gasteiger partial charge in [-0.15, -0.1) is 0 Å². The van der Waals surface area contributed by atoms with Crippen LogP contribution in [0.15, 0.2) is 36.4 Å². The minimum absolute atomic E-state index is 0.147. The van der Waals surface area contributed by atoms with Crippen LogP contribution in [0.25, 0.3) is 0 Å². The normalized spacial score (nSPS) is 32.0. The van der Waals surface area contributed by atoms with Crippen LogP contribution >= 0.6 is 0 Å². The number of ether oxygens (including phenoxy) is 1. The Hall–Kier alpha value is -2.96. The van der Waals surface area contributed by atoms with Crippen molar-refractivity contribution in [3.05, 3.63) is 42.0 Å². The zero-order valence-corrected chi connectivity index (χ0v) is 17.5. The van der Waals surface area contributed by atoms with E-state index in [2.05, 4.69) is 17.5 Å². The molecule has 2 saturated carbocycles. The predicted octanol–water partition coefficient (Wildman–Crippen LogP) is 2.64. The Bertz CT molecular complexity index is 933. The van der Waals surface area contributed by atoms with Gasteiger partial charge in [-0.25, -0.2) is 4.79 Å². The molecule has 3 fully saturated rings. The topological polar surface area (TPSA) is 92.8 Å². The molecule has 0 unspecified atom stereocenters. The number of imide groups is 1. The molecule has 5 aliphatic rings. The monoisotopic (exact) mass is 422 g/mol. The molecule has 4 aliphatic carbocycles. The standard InChI is InChI=1S/C24H26N2O5/c1-2-3-10-31-24(30)13-4-6-14(7-5-13)25-19(27)12-26-22(28)20-15-8-9-16(18-11-17(15)18)21(20)23(26)29/h4-9,15-18,20-21H,2-3,10-12H2,1H3,(H,25,27)/t15-,16-,17-,18-,20-,21+/m0/s1. The molecule has 1 heterocycles. The van der Waals surface area contributed by atoms with Crippen LogP contribution in [0.1, 0.15) is 36.5 Å². The smallest absolute Gasteiger partial charge is 0.338 e. The van der Waals surface area contributed by atoms with Gasteiger partial charge in [-0.1, -0.05) is 25.5 Å². The Morgan fingerprint density at radius 3 is 2.23 bits per heavy atom. The third kappa shape index (κ3) is 3.36. The van der Waals surface area contributed by atoms with Crippen LogP contribution in [0, 0.1) is 35.5 Å². The summed E-state index contributed by atoms with van der Waals surface area (Å²) in [5.74, 6) is -0.465. The molecular weight excluding hydrogens is 396 g/mol. The highest BCUT2D eigenvalue weighted by Gasteiger charge is 2.67. The summed E-state index contributed by atoms with van der Waals surface area (Å²) in [5, 5.41) is 2.71. The first kappa shape index (κ1) is 20.0. The van der Waals surface area contributed by atoms with E-state index in [9.17, 15) is 19.2 Å². The van der Waals surface area contributed by atoms with E-state index >= 15 is 0 Å². The summed E-state index contributed by atoms with van der Waals surface area (Å²) in [4.78, 5) is 51.6. The number of anilines is 1. The Labute approximate surface area is 180 Å². The lowest BCUT2D eigenvalue weighted by molar-refractivity contribution is -0.142. The largest absolute Gasteiger partial charge is 0.462 e. The zero-order chi connectivity index (χ0) is 21.7. The summed E-state index contributed by atoms with van der Waals surface area (Å²) in [6.45, 7) is 2.12. The molecule has 2 bridgehead atoms. The third-order valence-corrected chi connectivity index (χ3v) is 7.19. The fourth-order valence-electron chi connectivity index (χ4n) is 5.60. The highest BCUT2D eigenvalue weighted by Crippen LogP contribution is 2.65. The zero-order valence-electron chi connectivity index (χ0n) is 17.5. The quantitative estimate of drug-likeness (QED) is 0.316. The molecule has 7 heteroatoms. The van der Waals surface area contributed by atoms with Gasteiger partial charge in [0.1, 0.15) is 6.54 Å². The third-order valence-electron chi connectivity index (χ3n) is 7.19. The summed E-state index contributed by atoms with van der Waals surface area (Å²) in [6, 6.07) is 6.39. The lowest BCUT2D eigenvalue weighted by atomic mass is 9.63. The van der Waals surface area contributed by atoms with Gasteiger partial charge < -0.3 is 10.1 Å². The second-order valence-corrected chi connectivity index (χ2v) is 9.03. The number of hydrogen-bond acceptors (Lipinski definition) is 5. The van der Waals surface area contributed by atoms with Gasteiger partial charge in [0, 0.05) is 5.69 Å². The Kier molecular flexibility index (Phi) is 4.91. The van der Waals surface area contributed by atoms with E-state index in [0.717, 1.165) is 24.2 Å². The van der Waals surface area contributed by atoms with E-state index in [1.807, 2.05) is 6.92 Å². The number of likely N-dealkylation sites (tertiary alicyclic amines) is 1. The Balaban J connectivity index is 1.19. The van der Waals surface area contributed by atoms with Gasteiger partial charge >= 0.3 is 5.97 Å². The Morgan fingerprint density at radius 1 is 1.03 bits per heavy atom. The average Bonchev–Trinajstić information content (AvgIpc) is 3.55. The van der Waals surface area contributed by atoms with E-state index in [1.165, 1.54) is 0 Å². The molecular formula is C24H26N2O5. The molecule has 6 rings (SSSR count). The van der Waals surface area contributed by atoms with Crippen molar-refractivity contribution in [2.24, 2.45) is 35.5 Å². The van der Waals surface area contributed by atoms with Crippen LogP contribution in [-0.4, -0.2) is 41.7 Å². The van der Waals surface area contributed by atoms with Crippen LogP contribution < -0.4 is 5.32 Å². The van der Waals surface area contributed by atoms with Crippen molar-refractivity contribution >= 4 is 29.4 Å². The molecule has 1 aromatic carbocycles. The van der Waals surface area contributed by atoms with Crippen molar-refractivity contribution in [2.75, 3.05) is 18.5 Å². The number of allylic oxidation sites excluding steroid dienone is 2. The van der Waals surface area contributed by atoms with Crippen molar-refractivity contribution in [3.63, 3.8) is 0 Å². The predicted molar refractivity (Wildman–Crippen MR) is 112 cm³/mol. The number of carbonyl (C=O) groups is 4. The van der Waals surface area contributed by atoms with Gasteiger partial charge in [0.15, 0.2) is 0 Å². The summed E-state index contributed by atoms with van der Waals surface area (Å²) in [7, 11) is 0. The number of hydrogen-bond donors (Lipinski definition) is 1. The van der Waals surface area contributed by atoms with E-state index in [4.69, 9.17) is 4.74 Å². The van der Waals surface area contributed by atoms with Gasteiger partial charge in [0.05, 0.1) is 24.0 Å². The fourth-order valence-corrected chi connectivity index (χ4v) is 5.60. The summed E-state index contributed by atoms with van der Waals surface area (Å²) >= 11 is 0. The van der Waals surface area contributed by atoms with Gasteiger partial charge in [-0.05, 0) is 60.8 Å². The van der Waals surface area contributed by atoms with Crippen molar-refractivity contribution < 1.29 is 23.9 Å².